The summed E-state index contributed by atoms with van der Waals surface area (Å²) in [6.07, 6.45) is 0. The van der Waals surface area contributed by atoms with Gasteiger partial charge in [-0.25, -0.2) is 4.39 Å². The van der Waals surface area contributed by atoms with Gasteiger partial charge >= 0.3 is 0 Å². The first-order chi connectivity index (χ1) is 8.08. The smallest absolute Gasteiger partial charge is 0.147 e. The molecule has 5 heteroatoms. The Bertz CT molecular complexity index is 425. The fourth-order valence-corrected chi connectivity index (χ4v) is 1.98. The van der Waals surface area contributed by atoms with Crippen LogP contribution < -0.4 is 10.6 Å². The highest BCUT2D eigenvalue weighted by atomic mass is 19.1. The fourth-order valence-electron chi connectivity index (χ4n) is 1.98. The van der Waals surface area contributed by atoms with Crippen LogP contribution in [0.3, 0.4) is 0 Å². The summed E-state index contributed by atoms with van der Waals surface area (Å²) in [4.78, 5) is 4.25. The lowest BCUT2D eigenvalue weighted by atomic mass is 10.1. The van der Waals surface area contributed by atoms with Gasteiger partial charge in [0.1, 0.15) is 11.7 Å². The van der Waals surface area contributed by atoms with Crippen LogP contribution in [-0.4, -0.2) is 44.0 Å². The van der Waals surface area contributed by atoms with Crippen LogP contribution in [0, 0.1) is 11.2 Å². The molecule has 0 aromatic heterocycles. The van der Waals surface area contributed by atoms with Gasteiger partial charge < -0.3 is 15.5 Å². The summed E-state index contributed by atoms with van der Waals surface area (Å²) in [5.41, 5.74) is 6.36. The zero-order valence-corrected chi connectivity index (χ0v) is 9.91. The van der Waals surface area contributed by atoms with Gasteiger partial charge in [-0.3, -0.25) is 5.41 Å². The maximum absolute atomic E-state index is 13.9. The van der Waals surface area contributed by atoms with Gasteiger partial charge in [-0.2, -0.15) is 0 Å². The van der Waals surface area contributed by atoms with E-state index in [9.17, 15) is 4.39 Å². The summed E-state index contributed by atoms with van der Waals surface area (Å²) >= 11 is 0. The molecule has 1 aromatic carbocycles. The number of nitrogens with zero attached hydrogens (tertiary/aromatic N) is 2. The number of hydrogen-bond donors (Lipinski definition) is 2. The van der Waals surface area contributed by atoms with E-state index in [1.807, 2.05) is 4.90 Å². The van der Waals surface area contributed by atoms with Crippen molar-refractivity contribution in [3.8, 4) is 0 Å². The van der Waals surface area contributed by atoms with Crippen LogP contribution in [-0.2, 0) is 0 Å². The van der Waals surface area contributed by atoms with E-state index in [-0.39, 0.29) is 11.7 Å². The Labute approximate surface area is 100 Å². The second-order valence-electron chi connectivity index (χ2n) is 4.37. The molecule has 0 unspecified atom stereocenters. The molecule has 17 heavy (non-hydrogen) atoms. The van der Waals surface area contributed by atoms with Gasteiger partial charge in [-0.1, -0.05) is 0 Å². The van der Waals surface area contributed by atoms with Gasteiger partial charge in [0.15, 0.2) is 0 Å². The molecule has 0 saturated carbocycles. The molecule has 1 fully saturated rings. The molecule has 92 valence electrons. The monoisotopic (exact) mass is 236 g/mol. The number of nitrogens with one attached hydrogen (secondary N) is 1. The summed E-state index contributed by atoms with van der Waals surface area (Å²) in [5, 5.41) is 7.26. The SMILES string of the molecule is CN1CCN(c2ccc(C(=N)N)cc2F)CC1. The number of nitrogens with two attached hydrogens (primary N) is 1. The standard InChI is InChI=1S/C12H17FN4/c1-16-4-6-17(7-5-16)11-3-2-9(12(14)15)8-10(11)13/h2-3,8H,4-7H2,1H3,(H3,14,15). The number of anilines is 1. The van der Waals surface area contributed by atoms with Crippen molar-refractivity contribution < 1.29 is 4.39 Å². The van der Waals surface area contributed by atoms with E-state index < -0.39 is 0 Å². The van der Waals surface area contributed by atoms with E-state index in [2.05, 4.69) is 11.9 Å². The van der Waals surface area contributed by atoms with E-state index in [0.717, 1.165) is 26.2 Å². The number of amidine groups is 1. The molecule has 0 spiro atoms. The maximum atomic E-state index is 13.9. The third kappa shape index (κ3) is 2.55. The molecule has 0 amide bonds. The van der Waals surface area contributed by atoms with E-state index >= 15 is 0 Å². The molecule has 0 aliphatic carbocycles. The van der Waals surface area contributed by atoms with E-state index in [1.165, 1.54) is 6.07 Å². The van der Waals surface area contributed by atoms with Crippen LogP contribution in [0.25, 0.3) is 0 Å². The first-order valence-corrected chi connectivity index (χ1v) is 5.65. The van der Waals surface area contributed by atoms with Crippen LogP contribution in [0.4, 0.5) is 10.1 Å². The minimum atomic E-state index is -0.303. The van der Waals surface area contributed by atoms with Crippen molar-refractivity contribution >= 4 is 11.5 Å². The van der Waals surface area contributed by atoms with Crippen LogP contribution in [0.2, 0.25) is 0 Å². The Morgan fingerprint density at radius 2 is 1.94 bits per heavy atom. The third-order valence-electron chi connectivity index (χ3n) is 3.10. The molecule has 3 N–H and O–H groups in total. The number of rotatable bonds is 2. The first kappa shape index (κ1) is 11.9. The van der Waals surface area contributed by atoms with Crippen molar-refractivity contribution in [3.05, 3.63) is 29.6 Å². The molecule has 0 atom stereocenters. The molecule has 1 heterocycles. The van der Waals surface area contributed by atoms with Crippen LogP contribution in [0.5, 0.6) is 0 Å². The molecular weight excluding hydrogens is 219 g/mol. The topological polar surface area (TPSA) is 56.4 Å². The summed E-state index contributed by atoms with van der Waals surface area (Å²) in [6, 6.07) is 4.73. The third-order valence-corrected chi connectivity index (χ3v) is 3.10. The summed E-state index contributed by atoms with van der Waals surface area (Å²) in [6.45, 7) is 3.53. The fraction of sp³-hybridized carbons (Fsp3) is 0.417. The van der Waals surface area contributed by atoms with Gasteiger partial charge in [-0.05, 0) is 25.2 Å². The van der Waals surface area contributed by atoms with Crippen molar-refractivity contribution in [2.24, 2.45) is 5.73 Å². The normalized spacial score (nSPS) is 17.2. The maximum Gasteiger partial charge on any atom is 0.147 e. The zero-order chi connectivity index (χ0) is 12.4. The largest absolute Gasteiger partial charge is 0.384 e. The number of hydrogen-bond acceptors (Lipinski definition) is 3. The molecule has 2 rings (SSSR count). The Balaban J connectivity index is 2.19. The van der Waals surface area contributed by atoms with Gasteiger partial charge in [0.25, 0.3) is 0 Å². The van der Waals surface area contributed by atoms with Crippen molar-refractivity contribution in [1.82, 2.24) is 4.90 Å². The lowest BCUT2D eigenvalue weighted by Crippen LogP contribution is -2.44. The van der Waals surface area contributed by atoms with Crippen LogP contribution >= 0.6 is 0 Å². The number of benzene rings is 1. The van der Waals surface area contributed by atoms with Gasteiger partial charge in [-0.15, -0.1) is 0 Å². The van der Waals surface area contributed by atoms with E-state index in [4.69, 9.17) is 11.1 Å². The van der Waals surface area contributed by atoms with Gasteiger partial charge in [0, 0.05) is 31.7 Å². The lowest BCUT2D eigenvalue weighted by Gasteiger charge is -2.34. The predicted octanol–water partition coefficient (Wildman–Crippen LogP) is 0.862. The van der Waals surface area contributed by atoms with Crippen molar-refractivity contribution in [2.45, 2.75) is 0 Å². The average molecular weight is 236 g/mol. The van der Waals surface area contributed by atoms with E-state index in [0.29, 0.717) is 11.3 Å². The average Bonchev–Trinajstić information content (AvgIpc) is 2.30. The van der Waals surface area contributed by atoms with E-state index in [1.54, 1.807) is 12.1 Å². The van der Waals surface area contributed by atoms with Crippen molar-refractivity contribution in [1.29, 1.82) is 5.41 Å². The molecule has 4 nitrogen and oxygen atoms in total. The zero-order valence-electron chi connectivity index (χ0n) is 9.91. The molecule has 0 radical (unpaired) electrons. The Kier molecular flexibility index (Phi) is 3.28. The molecule has 1 aromatic rings. The molecule has 0 bridgehead atoms. The van der Waals surface area contributed by atoms with Crippen LogP contribution in [0.1, 0.15) is 5.56 Å². The number of halogens is 1. The minimum absolute atomic E-state index is 0.103. The Morgan fingerprint density at radius 1 is 1.29 bits per heavy atom. The second-order valence-corrected chi connectivity index (χ2v) is 4.37. The first-order valence-electron chi connectivity index (χ1n) is 5.65. The highest BCUT2D eigenvalue weighted by molar-refractivity contribution is 5.95. The number of likely N-dealkylation sites (N-methyl/N-ethyl adjacent to an activating group) is 1. The van der Waals surface area contributed by atoms with Crippen molar-refractivity contribution in [2.75, 3.05) is 38.1 Å². The predicted molar refractivity (Wildman–Crippen MR) is 67.1 cm³/mol. The Morgan fingerprint density at radius 3 is 2.47 bits per heavy atom. The lowest BCUT2D eigenvalue weighted by molar-refractivity contribution is 0.311. The number of piperazine rings is 1. The van der Waals surface area contributed by atoms with Gasteiger partial charge in [0.2, 0.25) is 0 Å². The summed E-state index contributed by atoms with van der Waals surface area (Å²) in [5.74, 6) is -0.406. The Hall–Kier alpha value is -1.62. The molecule has 1 aliphatic rings. The highest BCUT2D eigenvalue weighted by Crippen LogP contribution is 2.21. The molecular formula is C12H17FN4. The van der Waals surface area contributed by atoms with Crippen LogP contribution in [0.15, 0.2) is 18.2 Å². The van der Waals surface area contributed by atoms with Crippen molar-refractivity contribution in [3.63, 3.8) is 0 Å². The summed E-state index contributed by atoms with van der Waals surface area (Å²) < 4.78 is 13.9. The number of nitrogen functional groups attached to an aromatic ring is 1. The second kappa shape index (κ2) is 4.71. The molecule has 1 saturated heterocycles. The minimum Gasteiger partial charge on any atom is -0.384 e. The quantitative estimate of drug-likeness (QED) is 0.591. The summed E-state index contributed by atoms with van der Waals surface area (Å²) in [7, 11) is 2.06. The van der Waals surface area contributed by atoms with Gasteiger partial charge in [0.05, 0.1) is 5.69 Å². The highest BCUT2D eigenvalue weighted by Gasteiger charge is 2.17. The molecule has 1 aliphatic heterocycles.